The minimum absolute atomic E-state index is 0.0762. The summed E-state index contributed by atoms with van der Waals surface area (Å²) < 4.78 is 1.95. The van der Waals surface area contributed by atoms with E-state index in [4.69, 9.17) is 0 Å². The van der Waals surface area contributed by atoms with Crippen molar-refractivity contribution in [2.24, 2.45) is 0 Å². The molecule has 0 fully saturated rings. The standard InChI is InChI=1S/C20H20N4O3/c1-14-7-6-10-17(19(14)24(26)27)20(25)21-11-12-23-13-22-18(15(23)2)16-8-4-3-5-9-16/h3-10,13H,11-12H2,1-2H3,(H,21,25). The van der Waals surface area contributed by atoms with E-state index < -0.39 is 10.8 Å². The van der Waals surface area contributed by atoms with Crippen LogP contribution in [0.4, 0.5) is 5.69 Å². The number of aromatic nitrogens is 2. The molecule has 0 radical (unpaired) electrons. The van der Waals surface area contributed by atoms with E-state index in [2.05, 4.69) is 10.3 Å². The van der Waals surface area contributed by atoms with E-state index >= 15 is 0 Å². The van der Waals surface area contributed by atoms with Crippen molar-refractivity contribution in [3.8, 4) is 11.3 Å². The Balaban J connectivity index is 1.68. The predicted octanol–water partition coefficient (Wildman–Crippen LogP) is 3.51. The Morgan fingerprint density at radius 1 is 1.15 bits per heavy atom. The molecule has 1 N–H and O–H groups in total. The first-order chi connectivity index (χ1) is 13.0. The van der Waals surface area contributed by atoms with E-state index in [1.54, 1.807) is 25.4 Å². The molecule has 7 heteroatoms. The lowest BCUT2D eigenvalue weighted by molar-refractivity contribution is -0.385. The van der Waals surface area contributed by atoms with E-state index in [1.165, 1.54) is 6.07 Å². The minimum Gasteiger partial charge on any atom is -0.350 e. The number of carbonyl (C=O) groups excluding carboxylic acids is 1. The fourth-order valence-electron chi connectivity index (χ4n) is 3.02. The molecule has 0 aliphatic carbocycles. The first-order valence-corrected chi connectivity index (χ1v) is 8.58. The van der Waals surface area contributed by atoms with Crippen LogP contribution in [0.3, 0.4) is 0 Å². The highest BCUT2D eigenvalue weighted by atomic mass is 16.6. The number of nitro benzene ring substituents is 1. The summed E-state index contributed by atoms with van der Waals surface area (Å²) in [5.41, 5.74) is 3.32. The molecule has 0 aliphatic rings. The number of rotatable bonds is 6. The van der Waals surface area contributed by atoms with Crippen molar-refractivity contribution in [3.05, 3.63) is 81.8 Å². The summed E-state index contributed by atoms with van der Waals surface area (Å²) in [5, 5.41) is 14.0. The average Bonchev–Trinajstić information content (AvgIpc) is 3.02. The summed E-state index contributed by atoms with van der Waals surface area (Å²) in [7, 11) is 0. The van der Waals surface area contributed by atoms with Crippen LogP contribution in [0.15, 0.2) is 54.9 Å². The average molecular weight is 364 g/mol. The van der Waals surface area contributed by atoms with Crippen molar-refractivity contribution in [3.63, 3.8) is 0 Å². The number of benzene rings is 2. The van der Waals surface area contributed by atoms with E-state index in [0.717, 1.165) is 17.0 Å². The fourth-order valence-corrected chi connectivity index (χ4v) is 3.02. The first kappa shape index (κ1) is 18.3. The van der Waals surface area contributed by atoms with Gasteiger partial charge in [0.1, 0.15) is 5.56 Å². The van der Waals surface area contributed by atoms with Gasteiger partial charge >= 0.3 is 0 Å². The number of nitrogens with one attached hydrogen (secondary N) is 1. The Hall–Kier alpha value is -3.48. The second-order valence-electron chi connectivity index (χ2n) is 6.22. The number of nitro groups is 1. The zero-order valence-corrected chi connectivity index (χ0v) is 15.2. The maximum Gasteiger partial charge on any atom is 0.285 e. The normalized spacial score (nSPS) is 10.6. The van der Waals surface area contributed by atoms with E-state index in [1.807, 2.05) is 41.8 Å². The number of para-hydroxylation sites is 1. The molecule has 0 saturated carbocycles. The molecule has 0 atom stereocenters. The monoisotopic (exact) mass is 364 g/mol. The maximum atomic E-state index is 12.4. The summed E-state index contributed by atoms with van der Waals surface area (Å²) in [6, 6.07) is 14.6. The van der Waals surface area contributed by atoms with Gasteiger partial charge in [0.05, 0.1) is 16.9 Å². The summed E-state index contributed by atoms with van der Waals surface area (Å²) in [6.07, 6.45) is 1.74. The van der Waals surface area contributed by atoms with E-state index in [9.17, 15) is 14.9 Å². The van der Waals surface area contributed by atoms with Gasteiger partial charge in [-0.1, -0.05) is 42.5 Å². The Morgan fingerprint density at radius 2 is 1.89 bits per heavy atom. The number of aryl methyl sites for hydroxylation is 1. The van der Waals surface area contributed by atoms with Crippen molar-refractivity contribution in [2.75, 3.05) is 6.54 Å². The Morgan fingerprint density at radius 3 is 2.59 bits per heavy atom. The minimum atomic E-state index is -0.517. The number of hydrogen-bond donors (Lipinski definition) is 1. The second kappa shape index (κ2) is 7.82. The highest BCUT2D eigenvalue weighted by Gasteiger charge is 2.22. The summed E-state index contributed by atoms with van der Waals surface area (Å²) >= 11 is 0. The van der Waals surface area contributed by atoms with Gasteiger partial charge in [0.2, 0.25) is 0 Å². The molecule has 7 nitrogen and oxygen atoms in total. The molecule has 138 valence electrons. The van der Waals surface area contributed by atoms with Gasteiger partial charge in [-0.3, -0.25) is 14.9 Å². The largest absolute Gasteiger partial charge is 0.350 e. The topological polar surface area (TPSA) is 90.1 Å². The van der Waals surface area contributed by atoms with Gasteiger partial charge in [-0.2, -0.15) is 0 Å². The van der Waals surface area contributed by atoms with Crippen LogP contribution in [-0.2, 0) is 6.54 Å². The smallest absolute Gasteiger partial charge is 0.285 e. The van der Waals surface area contributed by atoms with Crippen LogP contribution < -0.4 is 5.32 Å². The molecule has 1 aromatic heterocycles. The van der Waals surface area contributed by atoms with Gasteiger partial charge in [0, 0.05) is 29.9 Å². The molecule has 0 spiro atoms. The zero-order chi connectivity index (χ0) is 19.4. The molecule has 1 heterocycles. The van der Waals surface area contributed by atoms with Gasteiger partial charge in [-0.05, 0) is 19.9 Å². The van der Waals surface area contributed by atoms with Gasteiger partial charge in [0.15, 0.2) is 0 Å². The number of nitrogens with zero attached hydrogens (tertiary/aromatic N) is 3. The van der Waals surface area contributed by atoms with Crippen LogP contribution in [0, 0.1) is 24.0 Å². The lowest BCUT2D eigenvalue weighted by Gasteiger charge is -2.09. The summed E-state index contributed by atoms with van der Waals surface area (Å²) in [4.78, 5) is 27.6. The molecule has 27 heavy (non-hydrogen) atoms. The number of imidazole rings is 1. The molecule has 0 unspecified atom stereocenters. The number of carbonyl (C=O) groups is 1. The van der Waals surface area contributed by atoms with Crippen molar-refractivity contribution in [1.29, 1.82) is 0 Å². The van der Waals surface area contributed by atoms with Crippen LogP contribution in [0.25, 0.3) is 11.3 Å². The molecular formula is C20H20N4O3. The van der Waals surface area contributed by atoms with Crippen LogP contribution in [-0.4, -0.2) is 26.9 Å². The Labute approximate surface area is 156 Å². The van der Waals surface area contributed by atoms with Crippen molar-refractivity contribution < 1.29 is 9.72 Å². The molecule has 3 aromatic rings. The van der Waals surface area contributed by atoms with Gasteiger partial charge in [-0.25, -0.2) is 4.98 Å². The highest BCUT2D eigenvalue weighted by Crippen LogP contribution is 2.23. The zero-order valence-electron chi connectivity index (χ0n) is 15.2. The molecule has 0 bridgehead atoms. The van der Waals surface area contributed by atoms with Gasteiger partial charge in [-0.15, -0.1) is 0 Å². The number of amides is 1. The van der Waals surface area contributed by atoms with Crippen LogP contribution in [0.5, 0.6) is 0 Å². The third kappa shape index (κ3) is 3.87. The Bertz CT molecular complexity index is 980. The van der Waals surface area contributed by atoms with Crippen molar-refractivity contribution in [2.45, 2.75) is 20.4 Å². The molecule has 2 aromatic carbocycles. The Kier molecular flexibility index (Phi) is 5.30. The lowest BCUT2D eigenvalue weighted by Crippen LogP contribution is -2.28. The third-order valence-electron chi connectivity index (χ3n) is 4.45. The maximum absolute atomic E-state index is 12.4. The van der Waals surface area contributed by atoms with Gasteiger partial charge in [0.25, 0.3) is 11.6 Å². The van der Waals surface area contributed by atoms with Gasteiger partial charge < -0.3 is 9.88 Å². The first-order valence-electron chi connectivity index (χ1n) is 8.58. The van der Waals surface area contributed by atoms with Crippen LogP contribution >= 0.6 is 0 Å². The van der Waals surface area contributed by atoms with E-state index in [0.29, 0.717) is 18.7 Å². The number of hydrogen-bond acceptors (Lipinski definition) is 4. The quantitative estimate of drug-likeness (QED) is 0.535. The lowest BCUT2D eigenvalue weighted by atomic mass is 10.1. The molecule has 0 saturated heterocycles. The molecular weight excluding hydrogens is 344 g/mol. The summed E-state index contributed by atoms with van der Waals surface area (Å²) in [5.74, 6) is -0.452. The van der Waals surface area contributed by atoms with Crippen LogP contribution in [0.1, 0.15) is 21.6 Å². The third-order valence-corrected chi connectivity index (χ3v) is 4.45. The summed E-state index contributed by atoms with van der Waals surface area (Å²) in [6.45, 7) is 4.46. The SMILES string of the molecule is Cc1cccc(C(=O)NCCn2cnc(-c3ccccc3)c2C)c1[N+](=O)[O-]. The second-order valence-corrected chi connectivity index (χ2v) is 6.22. The predicted molar refractivity (Wildman–Crippen MR) is 103 cm³/mol. The highest BCUT2D eigenvalue weighted by molar-refractivity contribution is 5.98. The molecule has 3 rings (SSSR count). The van der Waals surface area contributed by atoms with E-state index in [-0.39, 0.29) is 11.3 Å². The van der Waals surface area contributed by atoms with Crippen molar-refractivity contribution >= 4 is 11.6 Å². The molecule has 0 aliphatic heterocycles. The fraction of sp³-hybridized carbons (Fsp3) is 0.200. The van der Waals surface area contributed by atoms with Crippen molar-refractivity contribution in [1.82, 2.24) is 14.9 Å². The molecule has 1 amide bonds. The van der Waals surface area contributed by atoms with Crippen LogP contribution in [0.2, 0.25) is 0 Å².